The van der Waals surface area contributed by atoms with E-state index in [9.17, 15) is 61.0 Å². The van der Waals surface area contributed by atoms with E-state index in [0.29, 0.717) is 19.3 Å². The molecular weight excluding hydrogens is 987 g/mol. The molecular formula is C57H93NO18. The molecule has 0 radical (unpaired) electrons. The Balaban J connectivity index is 1.57. The van der Waals surface area contributed by atoms with Gasteiger partial charge in [-0.15, -0.1) is 0 Å². The molecule has 3 fully saturated rings. The van der Waals surface area contributed by atoms with Gasteiger partial charge in [0.05, 0.1) is 38.6 Å². The molecule has 12 N–H and O–H groups in total. The summed E-state index contributed by atoms with van der Waals surface area (Å²) in [5.41, 5.74) is 0. The lowest BCUT2D eigenvalue weighted by Crippen LogP contribution is -2.66. The number of aliphatic hydroxyl groups is 11. The van der Waals surface area contributed by atoms with E-state index in [1.807, 2.05) is 12.2 Å². The summed E-state index contributed by atoms with van der Waals surface area (Å²) in [5.74, 6) is -0.375. The van der Waals surface area contributed by atoms with Crippen molar-refractivity contribution in [2.75, 3.05) is 26.4 Å². The molecule has 3 heterocycles. The molecule has 0 aromatic rings. The average molecular weight is 1080 g/mol. The van der Waals surface area contributed by atoms with Crippen molar-refractivity contribution in [1.29, 1.82) is 0 Å². The van der Waals surface area contributed by atoms with Crippen LogP contribution in [0.15, 0.2) is 97.2 Å². The lowest BCUT2D eigenvalue weighted by molar-refractivity contribution is -0.379. The van der Waals surface area contributed by atoms with Crippen LogP contribution in [0.3, 0.4) is 0 Å². The van der Waals surface area contributed by atoms with Crippen molar-refractivity contribution in [1.82, 2.24) is 5.32 Å². The minimum atomic E-state index is -1.99. The summed E-state index contributed by atoms with van der Waals surface area (Å²) >= 11 is 0. The number of ether oxygens (including phenoxy) is 6. The summed E-state index contributed by atoms with van der Waals surface area (Å²) in [4.78, 5) is 13.2. The van der Waals surface area contributed by atoms with Crippen molar-refractivity contribution in [3.8, 4) is 0 Å². The second kappa shape index (κ2) is 40.0. The number of allylic oxidation sites excluding steroid dienone is 15. The van der Waals surface area contributed by atoms with Crippen molar-refractivity contribution in [3.63, 3.8) is 0 Å². The Labute approximate surface area is 450 Å². The Bertz CT molecular complexity index is 1770. The highest BCUT2D eigenvalue weighted by atomic mass is 16.8. The van der Waals surface area contributed by atoms with Gasteiger partial charge in [-0.05, 0) is 70.6 Å². The van der Waals surface area contributed by atoms with E-state index in [-0.39, 0.29) is 12.3 Å². The van der Waals surface area contributed by atoms with Crippen molar-refractivity contribution in [3.05, 3.63) is 97.2 Å². The second-order valence-corrected chi connectivity index (χ2v) is 19.3. The molecule has 76 heavy (non-hydrogen) atoms. The lowest BCUT2D eigenvalue weighted by atomic mass is 9.96. The number of unbranched alkanes of at least 4 members (excludes halogenated alkanes) is 7. The summed E-state index contributed by atoms with van der Waals surface area (Å²) in [6, 6.07) is -1.03. The summed E-state index contributed by atoms with van der Waals surface area (Å²) < 4.78 is 34.1. The number of aliphatic hydroxyl groups excluding tert-OH is 11. The van der Waals surface area contributed by atoms with E-state index >= 15 is 0 Å². The minimum Gasteiger partial charge on any atom is -0.394 e. The molecule has 0 aromatic heterocycles. The molecule has 3 aliphatic rings. The molecule has 19 nitrogen and oxygen atoms in total. The molecule has 19 heteroatoms. The van der Waals surface area contributed by atoms with Gasteiger partial charge in [-0.3, -0.25) is 4.79 Å². The van der Waals surface area contributed by atoms with E-state index < -0.39 is 131 Å². The monoisotopic (exact) mass is 1080 g/mol. The zero-order valence-corrected chi connectivity index (χ0v) is 44.7. The molecule has 0 aliphatic carbocycles. The van der Waals surface area contributed by atoms with Crippen LogP contribution >= 0.6 is 0 Å². The summed E-state index contributed by atoms with van der Waals surface area (Å²) in [5, 5.41) is 120. The first-order valence-corrected chi connectivity index (χ1v) is 27.5. The maximum atomic E-state index is 13.2. The van der Waals surface area contributed by atoms with Crippen LogP contribution in [0, 0.1) is 0 Å². The standard InChI is InChI=1S/C57H93NO18/c1-3-5-7-9-11-13-15-17-18-19-20-21-22-23-25-27-29-31-33-35-45(63)58-40(41(62)34-32-30-28-26-24-16-14-12-10-8-6-4-2)39-71-55-51(69)48(66)53(43(37-60)73-55)76-57-52(70)49(67)54(44(38-61)74-57)75-56-50(68)47(65)46(64)42(36-59)72-56/h5,7,11,13,17-18,20-21,23-26,29,31-32,34,40-44,46-57,59-62,64-70H,3-4,6,8-10,12,14-16,19,22,27-28,30,33,35-39H2,1-2H3,(H,58,63)/b7-5-,13-11-,18-17-,21-20-,25-23-,26-24+,31-29-,34-32+. The molecule has 3 aliphatic heterocycles. The maximum Gasteiger partial charge on any atom is 0.220 e. The third kappa shape index (κ3) is 24.4. The Morgan fingerprint density at radius 2 is 0.921 bits per heavy atom. The van der Waals surface area contributed by atoms with Gasteiger partial charge in [0, 0.05) is 6.42 Å². The van der Waals surface area contributed by atoms with E-state index in [1.165, 1.54) is 32.1 Å². The van der Waals surface area contributed by atoms with Gasteiger partial charge in [0.2, 0.25) is 5.91 Å². The first kappa shape index (κ1) is 67.0. The first-order chi connectivity index (χ1) is 36.8. The van der Waals surface area contributed by atoms with E-state index in [0.717, 1.165) is 51.4 Å². The molecule has 1 amide bonds. The second-order valence-electron chi connectivity index (χ2n) is 19.3. The van der Waals surface area contributed by atoms with Crippen LogP contribution in [0.5, 0.6) is 0 Å². The van der Waals surface area contributed by atoms with Crippen molar-refractivity contribution < 1.29 is 89.4 Å². The Hall–Kier alpha value is -3.29. The van der Waals surface area contributed by atoms with Crippen molar-refractivity contribution in [2.45, 2.75) is 227 Å². The number of carbonyl (C=O) groups excluding carboxylic acids is 1. The van der Waals surface area contributed by atoms with Gasteiger partial charge in [0.1, 0.15) is 73.2 Å². The van der Waals surface area contributed by atoms with Gasteiger partial charge < -0.3 is 89.9 Å². The van der Waals surface area contributed by atoms with Crippen LogP contribution in [0.25, 0.3) is 0 Å². The number of amides is 1. The van der Waals surface area contributed by atoms with Gasteiger partial charge in [0.25, 0.3) is 0 Å². The minimum absolute atomic E-state index is 0.104. The molecule has 3 rings (SSSR count). The number of carbonyl (C=O) groups is 1. The molecule has 0 bridgehead atoms. The van der Waals surface area contributed by atoms with Crippen molar-refractivity contribution >= 4 is 5.91 Å². The average Bonchev–Trinajstić information content (AvgIpc) is 3.42. The third-order valence-electron chi connectivity index (χ3n) is 13.1. The van der Waals surface area contributed by atoms with E-state index in [4.69, 9.17) is 28.4 Å². The molecule has 0 aromatic carbocycles. The predicted octanol–water partition coefficient (Wildman–Crippen LogP) is 3.42. The smallest absolute Gasteiger partial charge is 0.220 e. The molecule has 434 valence electrons. The molecule has 0 spiro atoms. The first-order valence-electron chi connectivity index (χ1n) is 27.5. The van der Waals surface area contributed by atoms with Crippen LogP contribution in [0.1, 0.15) is 123 Å². The highest BCUT2D eigenvalue weighted by molar-refractivity contribution is 5.76. The Morgan fingerprint density at radius 3 is 1.46 bits per heavy atom. The highest BCUT2D eigenvalue weighted by Gasteiger charge is 2.53. The predicted molar refractivity (Wildman–Crippen MR) is 286 cm³/mol. The summed E-state index contributed by atoms with van der Waals surface area (Å²) in [7, 11) is 0. The van der Waals surface area contributed by atoms with Gasteiger partial charge in [-0.25, -0.2) is 0 Å². The summed E-state index contributed by atoms with van der Waals surface area (Å²) in [6.07, 6.45) is 21.3. The SMILES string of the molecule is CC/C=C\C/C=C\C/C=C\C/C=C\C/C=C\C/C=C\CCC(=O)NC(COC1OC(CO)C(OC2OC(CO)C(OC3OC(CO)C(O)C(O)C3O)C(O)C2O)C(O)C1O)C(O)/C=C/CC/C=C/CCCCCCCC. The number of rotatable bonds is 37. The van der Waals surface area contributed by atoms with Gasteiger partial charge in [0.15, 0.2) is 18.9 Å². The number of hydrogen-bond donors (Lipinski definition) is 12. The largest absolute Gasteiger partial charge is 0.394 e. The van der Waals surface area contributed by atoms with E-state index in [1.54, 1.807) is 12.2 Å². The fourth-order valence-corrected chi connectivity index (χ4v) is 8.58. The van der Waals surface area contributed by atoms with Gasteiger partial charge in [-0.2, -0.15) is 0 Å². The molecule has 0 saturated carbocycles. The normalized spacial score (nSPS) is 31.7. The topological polar surface area (TPSA) is 307 Å². The van der Waals surface area contributed by atoms with Crippen LogP contribution in [0.4, 0.5) is 0 Å². The summed E-state index contributed by atoms with van der Waals surface area (Å²) in [6.45, 7) is 1.46. The zero-order chi connectivity index (χ0) is 55.5. The van der Waals surface area contributed by atoms with Crippen molar-refractivity contribution in [2.24, 2.45) is 0 Å². The zero-order valence-electron chi connectivity index (χ0n) is 44.7. The van der Waals surface area contributed by atoms with Gasteiger partial charge >= 0.3 is 0 Å². The number of hydrogen-bond acceptors (Lipinski definition) is 18. The third-order valence-corrected chi connectivity index (χ3v) is 13.1. The van der Waals surface area contributed by atoms with Crippen LogP contribution < -0.4 is 5.32 Å². The van der Waals surface area contributed by atoms with Crippen LogP contribution in [-0.2, 0) is 33.2 Å². The van der Waals surface area contributed by atoms with Crippen LogP contribution in [-0.4, -0.2) is 193 Å². The quantitative estimate of drug-likeness (QED) is 0.0313. The van der Waals surface area contributed by atoms with Gasteiger partial charge in [-0.1, -0.05) is 143 Å². The lowest BCUT2D eigenvalue weighted by Gasteiger charge is -2.48. The Morgan fingerprint density at radius 1 is 0.487 bits per heavy atom. The Kier molecular flexibility index (Phi) is 35.2. The maximum absolute atomic E-state index is 13.2. The molecule has 17 atom stereocenters. The fourth-order valence-electron chi connectivity index (χ4n) is 8.58. The molecule has 17 unspecified atom stereocenters. The van der Waals surface area contributed by atoms with E-state index in [2.05, 4.69) is 92.1 Å². The highest BCUT2D eigenvalue weighted by Crippen LogP contribution is 2.33. The molecule has 3 saturated heterocycles. The van der Waals surface area contributed by atoms with Crippen LogP contribution in [0.2, 0.25) is 0 Å². The fraction of sp³-hybridized carbons (Fsp3) is 0.702. The number of nitrogens with one attached hydrogen (secondary N) is 1.